The van der Waals surface area contributed by atoms with Crippen LogP contribution in [0.2, 0.25) is 0 Å². The van der Waals surface area contributed by atoms with Gasteiger partial charge in [-0.15, -0.1) is 0 Å². The predicted molar refractivity (Wildman–Crippen MR) is 76.8 cm³/mol. The molecule has 0 aliphatic carbocycles. The largest absolute Gasteiger partial charge is 0.308 e. The van der Waals surface area contributed by atoms with Gasteiger partial charge in [0, 0.05) is 19.1 Å². The molecule has 108 valence electrons. The highest BCUT2D eigenvalue weighted by Gasteiger charge is 2.18. The molecule has 19 heavy (non-hydrogen) atoms. The maximum absolute atomic E-state index is 4.35. The van der Waals surface area contributed by atoms with E-state index in [0.29, 0.717) is 12.0 Å². The molecule has 0 saturated carbocycles. The molecule has 1 aromatic rings. The van der Waals surface area contributed by atoms with Crippen molar-refractivity contribution in [2.24, 2.45) is 5.92 Å². The lowest BCUT2D eigenvalue weighted by Crippen LogP contribution is -2.43. The molecule has 1 unspecified atom stereocenters. The number of aromatic nitrogens is 3. The van der Waals surface area contributed by atoms with Crippen LogP contribution in [-0.2, 0) is 13.1 Å². The zero-order valence-electron chi connectivity index (χ0n) is 12.5. The van der Waals surface area contributed by atoms with Crippen LogP contribution in [0, 0.1) is 5.92 Å². The van der Waals surface area contributed by atoms with E-state index in [-0.39, 0.29) is 0 Å². The summed E-state index contributed by atoms with van der Waals surface area (Å²) in [5, 5.41) is 7.83. The third-order valence-electron chi connectivity index (χ3n) is 3.82. The molecular formula is C14H27N5. The second-order valence-electron chi connectivity index (χ2n) is 6.01. The summed E-state index contributed by atoms with van der Waals surface area (Å²) in [6, 6.07) is 0.676. The first-order chi connectivity index (χ1) is 9.16. The highest BCUT2D eigenvalue weighted by atomic mass is 15.3. The number of piperidine rings is 1. The molecule has 5 heteroatoms. The Kier molecular flexibility index (Phi) is 5.34. The SMILES string of the molecule is CC(C)Cn1ncnc1CNCC1CCCCN1C. The van der Waals surface area contributed by atoms with Crippen molar-refractivity contribution in [1.82, 2.24) is 25.0 Å². The molecule has 0 aromatic carbocycles. The Hall–Kier alpha value is -0.940. The van der Waals surface area contributed by atoms with Crippen LogP contribution in [0.4, 0.5) is 0 Å². The fraction of sp³-hybridized carbons (Fsp3) is 0.857. The van der Waals surface area contributed by atoms with Crippen molar-refractivity contribution >= 4 is 0 Å². The van der Waals surface area contributed by atoms with Crippen LogP contribution in [0.1, 0.15) is 38.9 Å². The molecule has 1 aliphatic heterocycles. The molecule has 1 fully saturated rings. The summed E-state index contributed by atoms with van der Waals surface area (Å²) in [4.78, 5) is 6.81. The van der Waals surface area contributed by atoms with E-state index in [1.165, 1.54) is 25.8 Å². The van der Waals surface area contributed by atoms with Gasteiger partial charge in [0.05, 0.1) is 6.54 Å². The van der Waals surface area contributed by atoms with Crippen molar-refractivity contribution in [1.29, 1.82) is 0 Å². The molecule has 1 N–H and O–H groups in total. The summed E-state index contributed by atoms with van der Waals surface area (Å²) in [7, 11) is 2.23. The van der Waals surface area contributed by atoms with E-state index in [0.717, 1.165) is 25.5 Å². The highest BCUT2D eigenvalue weighted by Crippen LogP contribution is 2.14. The van der Waals surface area contributed by atoms with Gasteiger partial charge < -0.3 is 10.2 Å². The number of hydrogen-bond donors (Lipinski definition) is 1. The third kappa shape index (κ3) is 4.28. The molecule has 1 atom stereocenters. The molecule has 1 saturated heterocycles. The fourth-order valence-electron chi connectivity index (χ4n) is 2.68. The van der Waals surface area contributed by atoms with Gasteiger partial charge in [0.15, 0.2) is 0 Å². The summed E-state index contributed by atoms with van der Waals surface area (Å²) < 4.78 is 2.02. The average Bonchev–Trinajstić information content (AvgIpc) is 2.78. The zero-order valence-corrected chi connectivity index (χ0v) is 12.5. The second-order valence-corrected chi connectivity index (χ2v) is 6.01. The first-order valence-corrected chi connectivity index (χ1v) is 7.44. The van der Waals surface area contributed by atoms with Gasteiger partial charge in [-0.2, -0.15) is 5.10 Å². The van der Waals surface area contributed by atoms with Gasteiger partial charge in [-0.25, -0.2) is 9.67 Å². The minimum atomic E-state index is 0.602. The Balaban J connectivity index is 1.77. The number of nitrogens with zero attached hydrogens (tertiary/aromatic N) is 4. The summed E-state index contributed by atoms with van der Waals surface area (Å²) >= 11 is 0. The molecule has 0 amide bonds. The molecule has 2 rings (SSSR count). The maximum Gasteiger partial charge on any atom is 0.140 e. The first kappa shape index (κ1) is 14.5. The summed E-state index contributed by atoms with van der Waals surface area (Å²) in [5.74, 6) is 1.65. The average molecular weight is 265 g/mol. The van der Waals surface area contributed by atoms with Crippen LogP contribution < -0.4 is 5.32 Å². The Bertz CT molecular complexity index is 374. The monoisotopic (exact) mass is 265 g/mol. The molecule has 0 spiro atoms. The molecule has 2 heterocycles. The quantitative estimate of drug-likeness (QED) is 0.847. The van der Waals surface area contributed by atoms with Gasteiger partial charge >= 0.3 is 0 Å². The summed E-state index contributed by atoms with van der Waals surface area (Å²) in [6.45, 7) is 8.45. The Morgan fingerprint density at radius 2 is 2.26 bits per heavy atom. The molecule has 0 bridgehead atoms. The van der Waals surface area contributed by atoms with Crippen molar-refractivity contribution in [2.45, 2.75) is 52.2 Å². The van der Waals surface area contributed by atoms with E-state index >= 15 is 0 Å². The number of likely N-dealkylation sites (tertiary alicyclic amines) is 1. The number of likely N-dealkylation sites (N-methyl/N-ethyl adjacent to an activating group) is 1. The lowest BCUT2D eigenvalue weighted by atomic mass is 10.0. The summed E-state index contributed by atoms with van der Waals surface area (Å²) in [6.07, 6.45) is 5.67. The molecule has 1 aliphatic rings. The van der Waals surface area contributed by atoms with Gasteiger partial charge in [0.1, 0.15) is 12.2 Å². The smallest absolute Gasteiger partial charge is 0.140 e. The zero-order chi connectivity index (χ0) is 13.7. The standard InChI is InChI=1S/C14H27N5/c1-12(2)10-19-14(16-11-17-19)9-15-8-13-6-4-5-7-18(13)3/h11-13,15H,4-10H2,1-3H3. The van der Waals surface area contributed by atoms with Gasteiger partial charge in [-0.1, -0.05) is 20.3 Å². The Morgan fingerprint density at radius 1 is 1.42 bits per heavy atom. The Morgan fingerprint density at radius 3 is 3.00 bits per heavy atom. The maximum atomic E-state index is 4.35. The van der Waals surface area contributed by atoms with Crippen LogP contribution in [0.25, 0.3) is 0 Å². The van der Waals surface area contributed by atoms with E-state index in [1.54, 1.807) is 6.33 Å². The number of nitrogens with one attached hydrogen (secondary N) is 1. The topological polar surface area (TPSA) is 46.0 Å². The van der Waals surface area contributed by atoms with Crippen molar-refractivity contribution in [3.8, 4) is 0 Å². The minimum absolute atomic E-state index is 0.602. The van der Waals surface area contributed by atoms with Gasteiger partial charge in [-0.05, 0) is 32.4 Å². The predicted octanol–water partition coefficient (Wildman–Crippen LogP) is 1.51. The van der Waals surface area contributed by atoms with Gasteiger partial charge in [0.2, 0.25) is 0 Å². The normalized spacial score (nSPS) is 21.2. The van der Waals surface area contributed by atoms with Crippen molar-refractivity contribution in [2.75, 3.05) is 20.1 Å². The van der Waals surface area contributed by atoms with E-state index < -0.39 is 0 Å². The molecular weight excluding hydrogens is 238 g/mol. The highest BCUT2D eigenvalue weighted by molar-refractivity contribution is 4.85. The van der Waals surface area contributed by atoms with Crippen LogP contribution in [0.5, 0.6) is 0 Å². The van der Waals surface area contributed by atoms with Crippen LogP contribution in [0.15, 0.2) is 6.33 Å². The fourth-order valence-corrected chi connectivity index (χ4v) is 2.68. The molecule has 5 nitrogen and oxygen atoms in total. The first-order valence-electron chi connectivity index (χ1n) is 7.44. The van der Waals surface area contributed by atoms with E-state index in [9.17, 15) is 0 Å². The molecule has 1 aromatic heterocycles. The lowest BCUT2D eigenvalue weighted by molar-refractivity contribution is 0.181. The third-order valence-corrected chi connectivity index (χ3v) is 3.82. The molecule has 0 radical (unpaired) electrons. The lowest BCUT2D eigenvalue weighted by Gasteiger charge is -2.32. The van der Waals surface area contributed by atoms with Crippen molar-refractivity contribution in [3.63, 3.8) is 0 Å². The number of hydrogen-bond acceptors (Lipinski definition) is 4. The summed E-state index contributed by atoms with van der Waals surface area (Å²) in [5.41, 5.74) is 0. The van der Waals surface area contributed by atoms with E-state index in [1.807, 2.05) is 4.68 Å². The van der Waals surface area contributed by atoms with Gasteiger partial charge in [0.25, 0.3) is 0 Å². The van der Waals surface area contributed by atoms with Gasteiger partial charge in [-0.3, -0.25) is 0 Å². The van der Waals surface area contributed by atoms with Crippen LogP contribution in [0.3, 0.4) is 0 Å². The van der Waals surface area contributed by atoms with E-state index in [2.05, 4.69) is 41.2 Å². The van der Waals surface area contributed by atoms with Crippen molar-refractivity contribution < 1.29 is 0 Å². The van der Waals surface area contributed by atoms with Crippen molar-refractivity contribution in [3.05, 3.63) is 12.2 Å². The number of rotatable bonds is 6. The Labute approximate surface area is 116 Å². The van der Waals surface area contributed by atoms with Crippen LogP contribution in [-0.4, -0.2) is 45.8 Å². The second kappa shape index (κ2) is 7.01. The minimum Gasteiger partial charge on any atom is -0.308 e. The van der Waals surface area contributed by atoms with E-state index in [4.69, 9.17) is 0 Å². The van der Waals surface area contributed by atoms with Crippen LogP contribution >= 0.6 is 0 Å².